The van der Waals surface area contributed by atoms with E-state index in [1.54, 1.807) is 32.0 Å². The molecule has 116 valence electrons. The molecule has 4 heteroatoms. The second kappa shape index (κ2) is 5.72. The Bertz CT molecular complexity index is 882. The number of carboxylic acids is 1. The topological polar surface area (TPSA) is 42.2 Å². The number of hydrogen-bond acceptors (Lipinski definition) is 1. The van der Waals surface area contributed by atoms with Gasteiger partial charge in [0.2, 0.25) is 0 Å². The van der Waals surface area contributed by atoms with Gasteiger partial charge in [-0.1, -0.05) is 18.2 Å². The number of para-hydroxylation sites is 1. The highest BCUT2D eigenvalue weighted by Crippen LogP contribution is 2.30. The highest BCUT2D eigenvalue weighted by Gasteiger charge is 2.19. The summed E-state index contributed by atoms with van der Waals surface area (Å²) < 4.78 is 15.4. The molecule has 0 spiro atoms. The summed E-state index contributed by atoms with van der Waals surface area (Å²) in [5.74, 6) is -1.25. The molecular formula is C19H16FNO2. The summed E-state index contributed by atoms with van der Waals surface area (Å²) in [5, 5.41) is 9.42. The van der Waals surface area contributed by atoms with Crippen molar-refractivity contribution in [1.82, 2.24) is 4.57 Å². The van der Waals surface area contributed by atoms with E-state index in [0.717, 1.165) is 16.9 Å². The molecule has 0 radical (unpaired) electrons. The molecule has 3 rings (SSSR count). The second-order valence-electron chi connectivity index (χ2n) is 5.47. The Hall–Kier alpha value is -2.88. The number of carboxylic acid groups (broad SMARTS) is 1. The fraction of sp³-hybridized carbons (Fsp3) is 0.105. The predicted molar refractivity (Wildman–Crippen MR) is 87.6 cm³/mol. The minimum atomic E-state index is -0.975. The van der Waals surface area contributed by atoms with Crippen LogP contribution in [0.15, 0.2) is 54.6 Å². The van der Waals surface area contributed by atoms with Gasteiger partial charge < -0.3 is 9.67 Å². The van der Waals surface area contributed by atoms with Gasteiger partial charge in [-0.2, -0.15) is 0 Å². The van der Waals surface area contributed by atoms with Crippen molar-refractivity contribution in [2.24, 2.45) is 0 Å². The number of aryl methyl sites for hydroxylation is 1. The Balaban J connectivity index is 2.29. The standard InChI is InChI=1S/C19H16FNO2/c1-12-10-14(8-9-17(12)20)18-11-16(19(22)23)13(2)21(18)15-6-4-3-5-7-15/h3-11H,1-2H3,(H,22,23). The van der Waals surface area contributed by atoms with E-state index < -0.39 is 5.97 Å². The van der Waals surface area contributed by atoms with E-state index in [2.05, 4.69) is 0 Å². The average molecular weight is 309 g/mol. The minimum Gasteiger partial charge on any atom is -0.478 e. The lowest BCUT2D eigenvalue weighted by molar-refractivity contribution is 0.0696. The number of hydrogen-bond donors (Lipinski definition) is 1. The number of benzene rings is 2. The normalized spacial score (nSPS) is 10.7. The summed E-state index contributed by atoms with van der Waals surface area (Å²) >= 11 is 0. The number of halogens is 1. The van der Waals surface area contributed by atoms with E-state index in [-0.39, 0.29) is 11.4 Å². The lowest BCUT2D eigenvalue weighted by Gasteiger charge is -2.12. The largest absolute Gasteiger partial charge is 0.478 e. The van der Waals surface area contributed by atoms with Crippen LogP contribution in [0.25, 0.3) is 16.9 Å². The quantitative estimate of drug-likeness (QED) is 0.768. The molecule has 3 nitrogen and oxygen atoms in total. The maximum absolute atomic E-state index is 13.5. The third-order valence-corrected chi connectivity index (χ3v) is 3.95. The Labute approximate surface area is 133 Å². The van der Waals surface area contributed by atoms with Crippen molar-refractivity contribution in [3.05, 3.63) is 77.2 Å². The molecule has 0 amide bonds. The first-order chi connectivity index (χ1) is 11.0. The Morgan fingerprint density at radius 1 is 1.04 bits per heavy atom. The molecular weight excluding hydrogens is 293 g/mol. The third kappa shape index (κ3) is 2.63. The molecule has 3 aromatic rings. The predicted octanol–water partition coefficient (Wildman–Crippen LogP) is 4.60. The smallest absolute Gasteiger partial charge is 0.337 e. The molecule has 0 fully saturated rings. The van der Waals surface area contributed by atoms with Crippen molar-refractivity contribution in [1.29, 1.82) is 0 Å². The first-order valence-electron chi connectivity index (χ1n) is 7.26. The van der Waals surface area contributed by atoms with Crippen LogP contribution in [0.4, 0.5) is 4.39 Å². The number of aromatic nitrogens is 1. The Morgan fingerprint density at radius 2 is 1.74 bits per heavy atom. The molecule has 0 aliphatic carbocycles. The molecule has 0 saturated heterocycles. The van der Waals surface area contributed by atoms with Crippen molar-refractivity contribution < 1.29 is 14.3 Å². The second-order valence-corrected chi connectivity index (χ2v) is 5.47. The zero-order valence-electron chi connectivity index (χ0n) is 12.9. The fourth-order valence-electron chi connectivity index (χ4n) is 2.75. The van der Waals surface area contributed by atoms with Crippen molar-refractivity contribution in [2.45, 2.75) is 13.8 Å². The van der Waals surface area contributed by atoms with Crippen molar-refractivity contribution in [3.8, 4) is 16.9 Å². The summed E-state index contributed by atoms with van der Waals surface area (Å²) in [4.78, 5) is 11.5. The van der Waals surface area contributed by atoms with Crippen molar-refractivity contribution >= 4 is 5.97 Å². The summed E-state index contributed by atoms with van der Waals surface area (Å²) in [6.45, 7) is 3.47. The molecule has 1 N–H and O–H groups in total. The maximum Gasteiger partial charge on any atom is 0.337 e. The molecule has 0 saturated carbocycles. The van der Waals surface area contributed by atoms with Gasteiger partial charge in [0.15, 0.2) is 0 Å². The molecule has 1 aromatic heterocycles. The van der Waals surface area contributed by atoms with E-state index in [9.17, 15) is 14.3 Å². The summed E-state index contributed by atoms with van der Waals surface area (Å²) in [6, 6.07) is 16.0. The van der Waals surface area contributed by atoms with Crippen LogP contribution in [-0.4, -0.2) is 15.6 Å². The number of nitrogens with zero attached hydrogens (tertiary/aromatic N) is 1. The van der Waals surface area contributed by atoms with Crippen LogP contribution in [0, 0.1) is 19.7 Å². The van der Waals surface area contributed by atoms with Gasteiger partial charge in [-0.15, -0.1) is 0 Å². The van der Waals surface area contributed by atoms with Gasteiger partial charge in [0.25, 0.3) is 0 Å². The van der Waals surface area contributed by atoms with E-state index in [1.807, 2.05) is 34.9 Å². The maximum atomic E-state index is 13.5. The molecule has 0 aliphatic rings. The Morgan fingerprint density at radius 3 is 2.35 bits per heavy atom. The molecule has 1 heterocycles. The van der Waals surface area contributed by atoms with Crippen LogP contribution in [0.2, 0.25) is 0 Å². The van der Waals surface area contributed by atoms with E-state index in [4.69, 9.17) is 0 Å². The van der Waals surface area contributed by atoms with Gasteiger partial charge in [0, 0.05) is 11.4 Å². The van der Waals surface area contributed by atoms with Crippen LogP contribution >= 0.6 is 0 Å². The van der Waals surface area contributed by atoms with Gasteiger partial charge in [0.1, 0.15) is 5.82 Å². The van der Waals surface area contributed by atoms with Crippen LogP contribution in [0.1, 0.15) is 21.6 Å². The fourth-order valence-corrected chi connectivity index (χ4v) is 2.75. The molecule has 0 atom stereocenters. The zero-order chi connectivity index (χ0) is 16.6. The number of carbonyl (C=O) groups is 1. The van der Waals surface area contributed by atoms with Crippen LogP contribution in [0.3, 0.4) is 0 Å². The highest BCUT2D eigenvalue weighted by molar-refractivity contribution is 5.91. The SMILES string of the molecule is Cc1cc(-c2cc(C(=O)O)c(C)n2-c2ccccc2)ccc1F. The first kappa shape index (κ1) is 15.0. The molecule has 23 heavy (non-hydrogen) atoms. The molecule has 2 aromatic carbocycles. The van der Waals surface area contributed by atoms with Crippen molar-refractivity contribution in [2.75, 3.05) is 0 Å². The average Bonchev–Trinajstić information content (AvgIpc) is 2.88. The van der Waals surface area contributed by atoms with Gasteiger partial charge in [-0.25, -0.2) is 9.18 Å². The van der Waals surface area contributed by atoms with Gasteiger partial charge in [-0.05, 0) is 61.4 Å². The highest BCUT2D eigenvalue weighted by atomic mass is 19.1. The summed E-state index contributed by atoms with van der Waals surface area (Å²) in [5.41, 5.74) is 3.79. The van der Waals surface area contributed by atoms with Gasteiger partial charge in [0.05, 0.1) is 11.3 Å². The van der Waals surface area contributed by atoms with Crippen LogP contribution in [-0.2, 0) is 0 Å². The van der Waals surface area contributed by atoms with Crippen LogP contribution in [0.5, 0.6) is 0 Å². The lowest BCUT2D eigenvalue weighted by Crippen LogP contribution is -2.02. The number of rotatable bonds is 3. The molecule has 0 bridgehead atoms. The molecule has 0 aliphatic heterocycles. The van der Waals surface area contributed by atoms with Gasteiger partial charge in [-0.3, -0.25) is 0 Å². The van der Waals surface area contributed by atoms with E-state index >= 15 is 0 Å². The minimum absolute atomic E-state index is 0.242. The van der Waals surface area contributed by atoms with E-state index in [1.165, 1.54) is 6.07 Å². The zero-order valence-corrected chi connectivity index (χ0v) is 12.9. The van der Waals surface area contributed by atoms with Gasteiger partial charge >= 0.3 is 5.97 Å². The number of aromatic carboxylic acids is 1. The summed E-state index contributed by atoms with van der Waals surface area (Å²) in [6.07, 6.45) is 0. The van der Waals surface area contributed by atoms with Crippen molar-refractivity contribution in [3.63, 3.8) is 0 Å². The summed E-state index contributed by atoms with van der Waals surface area (Å²) in [7, 11) is 0. The monoisotopic (exact) mass is 309 g/mol. The Kier molecular flexibility index (Phi) is 3.74. The third-order valence-electron chi connectivity index (χ3n) is 3.95. The molecule has 0 unspecified atom stereocenters. The van der Waals surface area contributed by atoms with Crippen LogP contribution < -0.4 is 0 Å². The lowest BCUT2D eigenvalue weighted by atomic mass is 10.1. The van der Waals surface area contributed by atoms with E-state index in [0.29, 0.717) is 11.3 Å². The first-order valence-corrected chi connectivity index (χ1v) is 7.26.